The van der Waals surface area contributed by atoms with Crippen molar-refractivity contribution in [3.05, 3.63) is 89.3 Å². The van der Waals surface area contributed by atoms with E-state index in [1.807, 2.05) is 0 Å². The number of ether oxygens (including phenoxy) is 1. The van der Waals surface area contributed by atoms with Gasteiger partial charge < -0.3 is 19.8 Å². The van der Waals surface area contributed by atoms with E-state index in [0.29, 0.717) is 31.9 Å². The number of carbonyl (C=O) groups excluding carboxylic acids is 2. The number of hydrogen-bond donors (Lipinski definition) is 2. The molecule has 37 heavy (non-hydrogen) atoms. The highest BCUT2D eigenvalue weighted by atomic mass is 19.4. The number of rotatable bonds is 8. The minimum absolute atomic E-state index is 0.0548. The third-order valence-electron chi connectivity index (χ3n) is 5.73. The van der Waals surface area contributed by atoms with Gasteiger partial charge in [-0.1, -0.05) is 30.3 Å². The van der Waals surface area contributed by atoms with Crippen LogP contribution in [0.1, 0.15) is 21.7 Å². The zero-order valence-electron chi connectivity index (χ0n) is 19.9. The molecular weight excluding hydrogens is 487 g/mol. The predicted octanol–water partition coefficient (Wildman–Crippen LogP) is 4.18. The molecule has 3 aromatic rings. The van der Waals surface area contributed by atoms with Crippen molar-refractivity contribution in [2.75, 3.05) is 39.4 Å². The maximum atomic E-state index is 13.1. The molecular formula is C27H26F3N3O4. The van der Waals surface area contributed by atoms with E-state index in [2.05, 4.69) is 15.5 Å². The van der Waals surface area contributed by atoms with Crippen LogP contribution in [0.25, 0.3) is 17.4 Å². The van der Waals surface area contributed by atoms with Crippen LogP contribution in [0.4, 0.5) is 13.2 Å². The molecule has 0 spiro atoms. The fourth-order valence-electron chi connectivity index (χ4n) is 3.77. The molecule has 2 amide bonds. The monoisotopic (exact) mass is 513 g/mol. The summed E-state index contributed by atoms with van der Waals surface area (Å²) in [5, 5.41) is 5.41. The number of morpholine rings is 1. The van der Waals surface area contributed by atoms with Crippen molar-refractivity contribution in [3.63, 3.8) is 0 Å². The Hall–Kier alpha value is -3.89. The Labute approximate surface area is 211 Å². The zero-order valence-corrected chi connectivity index (χ0v) is 19.9. The number of halogens is 3. The van der Waals surface area contributed by atoms with E-state index in [-0.39, 0.29) is 22.8 Å². The summed E-state index contributed by atoms with van der Waals surface area (Å²) >= 11 is 0. The lowest BCUT2D eigenvalue weighted by Crippen LogP contribution is -2.42. The Morgan fingerprint density at radius 1 is 0.973 bits per heavy atom. The Bertz CT molecular complexity index is 1250. The van der Waals surface area contributed by atoms with E-state index >= 15 is 0 Å². The number of nitrogens with zero attached hydrogens (tertiary/aromatic N) is 1. The summed E-state index contributed by atoms with van der Waals surface area (Å²) in [5.41, 5.74) is -0.257. The Kier molecular flexibility index (Phi) is 8.42. The number of nitrogens with one attached hydrogen (secondary N) is 2. The predicted molar refractivity (Wildman–Crippen MR) is 131 cm³/mol. The van der Waals surface area contributed by atoms with Gasteiger partial charge in [-0.15, -0.1) is 0 Å². The van der Waals surface area contributed by atoms with Gasteiger partial charge >= 0.3 is 6.18 Å². The molecule has 194 valence electrons. The molecule has 0 saturated carbocycles. The van der Waals surface area contributed by atoms with Crippen molar-refractivity contribution in [1.82, 2.24) is 15.5 Å². The van der Waals surface area contributed by atoms with E-state index in [9.17, 15) is 22.8 Å². The molecule has 1 aromatic heterocycles. The van der Waals surface area contributed by atoms with Crippen LogP contribution in [0, 0.1) is 0 Å². The molecule has 0 radical (unpaired) electrons. The molecule has 2 aromatic carbocycles. The lowest BCUT2D eigenvalue weighted by molar-refractivity contribution is -0.137. The minimum Gasteiger partial charge on any atom is -0.457 e. The molecule has 10 heteroatoms. The van der Waals surface area contributed by atoms with Gasteiger partial charge in [-0.3, -0.25) is 14.5 Å². The fraction of sp³-hybridized carbons (Fsp3) is 0.259. The van der Waals surface area contributed by atoms with Gasteiger partial charge in [-0.2, -0.15) is 13.2 Å². The topological polar surface area (TPSA) is 83.8 Å². The SMILES string of the molecule is O=C(NCCN1CCOCC1)C(=Cc1ccc(-c2cccc(C(F)(F)F)c2)o1)NC(=O)c1ccccc1. The molecule has 1 aliphatic heterocycles. The van der Waals surface area contributed by atoms with Crippen molar-refractivity contribution in [2.24, 2.45) is 0 Å². The molecule has 0 atom stereocenters. The van der Waals surface area contributed by atoms with Crippen molar-refractivity contribution in [3.8, 4) is 11.3 Å². The van der Waals surface area contributed by atoms with Gasteiger partial charge in [0.15, 0.2) is 0 Å². The third-order valence-corrected chi connectivity index (χ3v) is 5.73. The molecule has 0 unspecified atom stereocenters. The van der Waals surface area contributed by atoms with Gasteiger partial charge in [-0.25, -0.2) is 0 Å². The number of alkyl halides is 3. The molecule has 1 saturated heterocycles. The molecule has 2 heterocycles. The normalized spacial score (nSPS) is 14.8. The Morgan fingerprint density at radius 3 is 2.46 bits per heavy atom. The first-order valence-electron chi connectivity index (χ1n) is 11.7. The second kappa shape index (κ2) is 11.9. The largest absolute Gasteiger partial charge is 0.457 e. The van der Waals surface area contributed by atoms with Crippen LogP contribution < -0.4 is 10.6 Å². The summed E-state index contributed by atoms with van der Waals surface area (Å²) in [4.78, 5) is 27.9. The fourth-order valence-corrected chi connectivity index (χ4v) is 3.77. The van der Waals surface area contributed by atoms with Crippen molar-refractivity contribution in [1.29, 1.82) is 0 Å². The Balaban J connectivity index is 1.52. The van der Waals surface area contributed by atoms with Gasteiger partial charge in [-0.05, 0) is 36.4 Å². The van der Waals surface area contributed by atoms with Crippen LogP contribution >= 0.6 is 0 Å². The number of amides is 2. The summed E-state index contributed by atoms with van der Waals surface area (Å²) < 4.78 is 50.3. The average Bonchev–Trinajstić information content (AvgIpc) is 3.37. The van der Waals surface area contributed by atoms with E-state index in [0.717, 1.165) is 25.2 Å². The number of carbonyl (C=O) groups is 2. The lowest BCUT2D eigenvalue weighted by Gasteiger charge is -2.26. The van der Waals surface area contributed by atoms with Crippen LogP contribution in [-0.4, -0.2) is 56.1 Å². The molecule has 7 nitrogen and oxygen atoms in total. The highest BCUT2D eigenvalue weighted by Crippen LogP contribution is 2.32. The molecule has 2 N–H and O–H groups in total. The highest BCUT2D eigenvalue weighted by molar-refractivity contribution is 6.05. The first-order chi connectivity index (χ1) is 17.8. The van der Waals surface area contributed by atoms with Crippen LogP contribution in [0.3, 0.4) is 0 Å². The second-order valence-electron chi connectivity index (χ2n) is 8.37. The summed E-state index contributed by atoms with van der Waals surface area (Å²) in [7, 11) is 0. The molecule has 1 aliphatic rings. The van der Waals surface area contributed by atoms with Crippen molar-refractivity contribution in [2.45, 2.75) is 6.18 Å². The number of hydrogen-bond acceptors (Lipinski definition) is 5. The molecule has 0 aliphatic carbocycles. The summed E-state index contributed by atoms with van der Waals surface area (Å²) in [6.07, 6.45) is -3.14. The second-order valence-corrected chi connectivity index (χ2v) is 8.37. The van der Waals surface area contributed by atoms with Gasteiger partial charge in [0.2, 0.25) is 0 Å². The van der Waals surface area contributed by atoms with Crippen LogP contribution in [-0.2, 0) is 15.7 Å². The average molecular weight is 514 g/mol. The standard InChI is InChI=1S/C27H26F3N3O4/c28-27(29,30)21-8-4-7-20(17-21)24-10-9-22(37-24)18-23(32-25(34)19-5-2-1-3-6-19)26(35)31-11-12-33-13-15-36-16-14-33/h1-10,17-18H,11-16H2,(H,31,35)(H,32,34). The molecule has 0 bridgehead atoms. The zero-order chi connectivity index (χ0) is 26.3. The van der Waals surface area contributed by atoms with Gasteiger partial charge in [0.1, 0.15) is 17.2 Å². The summed E-state index contributed by atoms with van der Waals surface area (Å²) in [6, 6.07) is 16.2. The van der Waals surface area contributed by atoms with Crippen LogP contribution in [0.5, 0.6) is 0 Å². The van der Waals surface area contributed by atoms with E-state index < -0.39 is 23.6 Å². The first-order valence-corrected chi connectivity index (χ1v) is 11.7. The van der Waals surface area contributed by atoms with Crippen LogP contribution in [0.2, 0.25) is 0 Å². The number of furan rings is 1. The maximum absolute atomic E-state index is 13.1. The van der Waals surface area contributed by atoms with Crippen LogP contribution in [0.15, 0.2) is 76.8 Å². The van der Waals surface area contributed by atoms with E-state index in [1.165, 1.54) is 30.3 Å². The smallest absolute Gasteiger partial charge is 0.416 e. The summed E-state index contributed by atoms with van der Waals surface area (Å²) in [5.74, 6) is -0.618. The van der Waals surface area contributed by atoms with E-state index in [4.69, 9.17) is 9.15 Å². The lowest BCUT2D eigenvalue weighted by atomic mass is 10.1. The minimum atomic E-state index is -4.49. The number of benzene rings is 2. The van der Waals surface area contributed by atoms with E-state index in [1.54, 1.807) is 30.3 Å². The molecule has 4 rings (SSSR count). The van der Waals surface area contributed by atoms with Gasteiger partial charge in [0.05, 0.1) is 18.8 Å². The molecule has 1 fully saturated rings. The highest BCUT2D eigenvalue weighted by Gasteiger charge is 2.30. The first kappa shape index (κ1) is 26.2. The van der Waals surface area contributed by atoms with Crippen molar-refractivity contribution >= 4 is 17.9 Å². The summed E-state index contributed by atoms with van der Waals surface area (Å²) in [6.45, 7) is 3.79. The van der Waals surface area contributed by atoms with Gasteiger partial charge in [0.25, 0.3) is 11.8 Å². The van der Waals surface area contributed by atoms with Gasteiger partial charge in [0, 0.05) is 43.4 Å². The third kappa shape index (κ3) is 7.31. The maximum Gasteiger partial charge on any atom is 0.416 e. The van der Waals surface area contributed by atoms with Crippen molar-refractivity contribution < 1.29 is 31.9 Å². The quantitative estimate of drug-likeness (QED) is 0.442. The Morgan fingerprint density at radius 2 is 1.73 bits per heavy atom.